The average Bonchev–Trinajstić information content (AvgIpc) is 3.28. The summed E-state index contributed by atoms with van der Waals surface area (Å²) in [7, 11) is 0. The molecule has 0 saturated heterocycles. The van der Waals surface area contributed by atoms with Gasteiger partial charge < -0.3 is 10.4 Å². The Bertz CT molecular complexity index is 1360. The summed E-state index contributed by atoms with van der Waals surface area (Å²) in [4.78, 5) is 14.1. The first-order chi connectivity index (χ1) is 15.7. The van der Waals surface area contributed by atoms with E-state index in [1.807, 2.05) is 77.4 Å². The fourth-order valence-corrected chi connectivity index (χ4v) is 3.83. The number of benzene rings is 3. The summed E-state index contributed by atoms with van der Waals surface area (Å²) in [6.45, 7) is 2.02. The number of anilines is 1. The Hall–Kier alpha value is -4.03. The third-order valence-corrected chi connectivity index (χ3v) is 5.52. The van der Waals surface area contributed by atoms with E-state index in [0.29, 0.717) is 11.8 Å². The molecule has 0 aliphatic heterocycles. The number of aliphatic hydroxyl groups excluding tert-OH is 1. The van der Waals surface area contributed by atoms with Crippen LogP contribution < -0.4 is 5.32 Å². The van der Waals surface area contributed by atoms with Crippen LogP contribution in [-0.2, 0) is 6.61 Å². The monoisotopic (exact) mass is 421 g/mol. The number of rotatable bonds is 6. The number of aromatic nitrogens is 4. The van der Waals surface area contributed by atoms with Crippen LogP contribution in [0, 0.1) is 0 Å². The van der Waals surface area contributed by atoms with Crippen molar-refractivity contribution in [3.8, 4) is 17.1 Å². The number of nitrogens with zero attached hydrogens (tertiary/aromatic N) is 4. The number of hydrogen-bond acceptors (Lipinski definition) is 5. The van der Waals surface area contributed by atoms with E-state index >= 15 is 0 Å². The standard InChI is InChI=1S/C26H23N5O/c1-18(19-9-3-2-4-10-19)28-26-29-23(21-12-6-5-11-20(21)16-32)15-25(30-26)31-17-27-22-13-7-8-14-24(22)31/h2-15,17-18,32H,16H2,1H3,(H,28,29,30). The molecule has 2 N–H and O–H groups in total. The van der Waals surface area contributed by atoms with E-state index in [9.17, 15) is 5.11 Å². The highest BCUT2D eigenvalue weighted by Crippen LogP contribution is 2.27. The van der Waals surface area contributed by atoms with Crippen molar-refractivity contribution in [1.29, 1.82) is 0 Å². The SMILES string of the molecule is CC(Nc1nc(-c2ccccc2CO)cc(-n2cnc3ccccc32)n1)c1ccccc1. The topological polar surface area (TPSA) is 75.9 Å². The van der Waals surface area contributed by atoms with Crippen molar-refractivity contribution in [2.45, 2.75) is 19.6 Å². The van der Waals surface area contributed by atoms with E-state index in [2.05, 4.69) is 29.4 Å². The third kappa shape index (κ3) is 3.84. The number of nitrogens with one attached hydrogen (secondary N) is 1. The van der Waals surface area contributed by atoms with Crippen molar-refractivity contribution in [2.75, 3.05) is 5.32 Å². The fourth-order valence-electron chi connectivity index (χ4n) is 3.83. The molecule has 0 aliphatic rings. The van der Waals surface area contributed by atoms with Crippen LogP contribution in [0.2, 0.25) is 0 Å². The maximum Gasteiger partial charge on any atom is 0.225 e. The summed E-state index contributed by atoms with van der Waals surface area (Å²) < 4.78 is 1.96. The number of aliphatic hydroxyl groups is 1. The van der Waals surface area contributed by atoms with Crippen molar-refractivity contribution in [3.63, 3.8) is 0 Å². The molecule has 0 saturated carbocycles. The minimum Gasteiger partial charge on any atom is -0.392 e. The van der Waals surface area contributed by atoms with E-state index < -0.39 is 0 Å². The molecule has 2 heterocycles. The molecule has 0 fully saturated rings. The molecule has 6 heteroatoms. The lowest BCUT2D eigenvalue weighted by Gasteiger charge is -2.17. The number of imidazole rings is 1. The zero-order valence-electron chi connectivity index (χ0n) is 17.7. The summed E-state index contributed by atoms with van der Waals surface area (Å²) in [5.74, 6) is 1.22. The first-order valence-electron chi connectivity index (χ1n) is 10.5. The molecular formula is C26H23N5O. The van der Waals surface area contributed by atoms with Gasteiger partial charge in [0.2, 0.25) is 5.95 Å². The van der Waals surface area contributed by atoms with E-state index in [4.69, 9.17) is 9.97 Å². The number of para-hydroxylation sites is 2. The van der Waals surface area contributed by atoms with Gasteiger partial charge in [0.05, 0.1) is 29.4 Å². The van der Waals surface area contributed by atoms with Gasteiger partial charge in [-0.05, 0) is 30.2 Å². The number of hydrogen-bond donors (Lipinski definition) is 2. The normalized spacial score (nSPS) is 12.1. The average molecular weight is 422 g/mol. The molecule has 2 aromatic heterocycles. The molecule has 0 amide bonds. The Morgan fingerprint density at radius 1 is 0.906 bits per heavy atom. The van der Waals surface area contributed by atoms with Crippen molar-refractivity contribution in [2.24, 2.45) is 0 Å². The van der Waals surface area contributed by atoms with Crippen LogP contribution in [0.5, 0.6) is 0 Å². The Labute approximate surface area is 186 Å². The first kappa shape index (κ1) is 19.9. The second-order valence-electron chi connectivity index (χ2n) is 7.63. The fraction of sp³-hybridized carbons (Fsp3) is 0.115. The lowest BCUT2D eigenvalue weighted by Crippen LogP contribution is -2.11. The highest BCUT2D eigenvalue weighted by Gasteiger charge is 2.15. The molecule has 1 unspecified atom stereocenters. The van der Waals surface area contributed by atoms with E-state index in [1.165, 1.54) is 0 Å². The highest BCUT2D eigenvalue weighted by atomic mass is 16.3. The predicted octanol–water partition coefficient (Wildman–Crippen LogP) is 5.15. The van der Waals surface area contributed by atoms with Crippen LogP contribution in [0.25, 0.3) is 28.1 Å². The van der Waals surface area contributed by atoms with Gasteiger partial charge in [-0.3, -0.25) is 4.57 Å². The molecule has 0 bridgehead atoms. The summed E-state index contributed by atoms with van der Waals surface area (Å²) in [6.07, 6.45) is 1.78. The molecule has 1 atom stereocenters. The maximum atomic E-state index is 9.86. The van der Waals surface area contributed by atoms with Crippen LogP contribution in [-0.4, -0.2) is 24.6 Å². The predicted molar refractivity (Wildman–Crippen MR) is 126 cm³/mol. The molecule has 0 aliphatic carbocycles. The molecule has 3 aromatic carbocycles. The maximum absolute atomic E-state index is 9.86. The minimum atomic E-state index is -0.0628. The van der Waals surface area contributed by atoms with Gasteiger partial charge in [-0.1, -0.05) is 66.7 Å². The number of fused-ring (bicyclic) bond motifs is 1. The van der Waals surface area contributed by atoms with E-state index in [0.717, 1.165) is 33.4 Å². The van der Waals surface area contributed by atoms with Crippen LogP contribution in [0.15, 0.2) is 91.3 Å². The van der Waals surface area contributed by atoms with Crippen molar-refractivity contribution in [3.05, 3.63) is 102 Å². The second-order valence-corrected chi connectivity index (χ2v) is 7.63. The first-order valence-corrected chi connectivity index (χ1v) is 10.5. The third-order valence-electron chi connectivity index (χ3n) is 5.52. The molecule has 0 spiro atoms. The Morgan fingerprint density at radius 2 is 1.66 bits per heavy atom. The Balaban J connectivity index is 1.64. The van der Waals surface area contributed by atoms with Crippen LogP contribution in [0.1, 0.15) is 24.1 Å². The van der Waals surface area contributed by atoms with Crippen LogP contribution >= 0.6 is 0 Å². The van der Waals surface area contributed by atoms with Gasteiger partial charge in [0, 0.05) is 11.6 Å². The van der Waals surface area contributed by atoms with Crippen molar-refractivity contribution < 1.29 is 5.11 Å². The quantitative estimate of drug-likeness (QED) is 0.397. The highest BCUT2D eigenvalue weighted by molar-refractivity contribution is 5.77. The van der Waals surface area contributed by atoms with E-state index in [-0.39, 0.29) is 12.6 Å². The molecular weight excluding hydrogens is 398 g/mol. The lowest BCUT2D eigenvalue weighted by atomic mass is 10.0. The second kappa shape index (κ2) is 8.61. The Kier molecular flexibility index (Phi) is 5.35. The van der Waals surface area contributed by atoms with Gasteiger partial charge in [-0.2, -0.15) is 4.98 Å². The lowest BCUT2D eigenvalue weighted by molar-refractivity contribution is 0.282. The molecule has 0 radical (unpaired) electrons. The minimum absolute atomic E-state index is 0.0203. The van der Waals surface area contributed by atoms with Gasteiger partial charge in [0.15, 0.2) is 0 Å². The largest absolute Gasteiger partial charge is 0.392 e. The van der Waals surface area contributed by atoms with Crippen molar-refractivity contribution >= 4 is 17.0 Å². The molecule has 6 nitrogen and oxygen atoms in total. The van der Waals surface area contributed by atoms with Gasteiger partial charge >= 0.3 is 0 Å². The zero-order chi connectivity index (χ0) is 21.9. The molecule has 32 heavy (non-hydrogen) atoms. The summed E-state index contributed by atoms with van der Waals surface area (Å²) in [5.41, 5.74) is 5.44. The van der Waals surface area contributed by atoms with Crippen molar-refractivity contribution in [1.82, 2.24) is 19.5 Å². The summed E-state index contributed by atoms with van der Waals surface area (Å²) in [5, 5.41) is 13.3. The molecule has 158 valence electrons. The summed E-state index contributed by atoms with van der Waals surface area (Å²) in [6, 6.07) is 27.8. The van der Waals surface area contributed by atoms with E-state index in [1.54, 1.807) is 6.33 Å². The van der Waals surface area contributed by atoms with Gasteiger partial charge in [-0.25, -0.2) is 9.97 Å². The summed E-state index contributed by atoms with van der Waals surface area (Å²) >= 11 is 0. The molecule has 5 rings (SSSR count). The van der Waals surface area contributed by atoms with Crippen LogP contribution in [0.4, 0.5) is 5.95 Å². The smallest absolute Gasteiger partial charge is 0.225 e. The van der Waals surface area contributed by atoms with Crippen LogP contribution in [0.3, 0.4) is 0 Å². The zero-order valence-corrected chi connectivity index (χ0v) is 17.7. The van der Waals surface area contributed by atoms with Gasteiger partial charge in [0.1, 0.15) is 12.1 Å². The van der Waals surface area contributed by atoms with Gasteiger partial charge in [-0.15, -0.1) is 0 Å². The Morgan fingerprint density at radius 3 is 2.50 bits per heavy atom. The van der Waals surface area contributed by atoms with Gasteiger partial charge in [0.25, 0.3) is 0 Å². The molecule has 5 aromatic rings.